The van der Waals surface area contributed by atoms with E-state index >= 15 is 0 Å². The summed E-state index contributed by atoms with van der Waals surface area (Å²) in [5.74, 6) is 0.0369. The fraction of sp³-hybridized carbons (Fsp3) is 0.412. The zero-order valence-electron chi connectivity index (χ0n) is 13.1. The molecule has 4 nitrogen and oxygen atoms in total. The summed E-state index contributed by atoms with van der Waals surface area (Å²) in [6.07, 6.45) is 2.57. The largest absolute Gasteiger partial charge is 0.372 e. The number of benzene rings is 1. The van der Waals surface area contributed by atoms with Gasteiger partial charge in [-0.15, -0.1) is 0 Å². The summed E-state index contributed by atoms with van der Waals surface area (Å²) in [6, 6.07) is 8.57. The highest BCUT2D eigenvalue weighted by atomic mass is 32.1. The highest BCUT2D eigenvalue weighted by molar-refractivity contribution is 7.03. The van der Waals surface area contributed by atoms with Gasteiger partial charge in [0, 0.05) is 37.7 Å². The summed E-state index contributed by atoms with van der Waals surface area (Å²) in [6.45, 7) is 4.81. The normalized spacial score (nSPS) is 14.4. The summed E-state index contributed by atoms with van der Waals surface area (Å²) in [5.41, 5.74) is 3.96. The van der Waals surface area contributed by atoms with E-state index in [1.54, 1.807) is 4.90 Å². The third-order valence-corrected chi connectivity index (χ3v) is 4.87. The standard InChI is InChI=1S/C17H21N3OS/c1-13-16(12-22-18-13)17(21)19(2)11-14-5-7-15(8-6-14)20-9-3-4-10-20/h5-8,12H,3-4,9-11H2,1-2H3. The molecule has 1 aromatic heterocycles. The van der Waals surface area contributed by atoms with Crippen LogP contribution < -0.4 is 4.90 Å². The van der Waals surface area contributed by atoms with Crippen molar-refractivity contribution in [3.63, 3.8) is 0 Å². The van der Waals surface area contributed by atoms with Crippen molar-refractivity contribution in [3.05, 3.63) is 46.5 Å². The van der Waals surface area contributed by atoms with Gasteiger partial charge in [0.2, 0.25) is 0 Å². The Morgan fingerprint density at radius 1 is 1.27 bits per heavy atom. The zero-order chi connectivity index (χ0) is 15.5. The van der Waals surface area contributed by atoms with Gasteiger partial charge in [-0.1, -0.05) is 12.1 Å². The van der Waals surface area contributed by atoms with E-state index < -0.39 is 0 Å². The van der Waals surface area contributed by atoms with Crippen molar-refractivity contribution in [2.24, 2.45) is 0 Å². The number of hydrogen-bond acceptors (Lipinski definition) is 4. The van der Waals surface area contributed by atoms with Crippen molar-refractivity contribution in [3.8, 4) is 0 Å². The monoisotopic (exact) mass is 315 g/mol. The van der Waals surface area contributed by atoms with Gasteiger partial charge in [0.05, 0.1) is 11.3 Å². The summed E-state index contributed by atoms with van der Waals surface area (Å²) >= 11 is 1.33. The second-order valence-corrected chi connectivity index (χ2v) is 6.46. The number of hydrogen-bond donors (Lipinski definition) is 0. The van der Waals surface area contributed by atoms with E-state index in [0.717, 1.165) is 24.3 Å². The van der Waals surface area contributed by atoms with Gasteiger partial charge >= 0.3 is 0 Å². The molecule has 0 atom stereocenters. The van der Waals surface area contributed by atoms with Crippen LogP contribution in [0.25, 0.3) is 0 Å². The summed E-state index contributed by atoms with van der Waals surface area (Å²) in [4.78, 5) is 16.6. The molecular weight excluding hydrogens is 294 g/mol. The minimum atomic E-state index is 0.0369. The smallest absolute Gasteiger partial charge is 0.256 e. The molecule has 0 unspecified atom stereocenters. The van der Waals surface area contributed by atoms with Gasteiger partial charge in [-0.25, -0.2) is 0 Å². The van der Waals surface area contributed by atoms with E-state index in [-0.39, 0.29) is 5.91 Å². The summed E-state index contributed by atoms with van der Waals surface area (Å²) < 4.78 is 4.17. The third kappa shape index (κ3) is 3.14. The summed E-state index contributed by atoms with van der Waals surface area (Å²) in [5, 5.41) is 1.82. The number of amides is 1. The van der Waals surface area contributed by atoms with Crippen LogP contribution >= 0.6 is 11.5 Å². The van der Waals surface area contributed by atoms with Gasteiger partial charge in [0.1, 0.15) is 0 Å². The lowest BCUT2D eigenvalue weighted by molar-refractivity contribution is 0.0784. The molecule has 116 valence electrons. The lowest BCUT2D eigenvalue weighted by Gasteiger charge is -2.20. The van der Waals surface area contributed by atoms with E-state index in [4.69, 9.17) is 0 Å². The number of aromatic nitrogens is 1. The number of nitrogens with zero attached hydrogens (tertiary/aromatic N) is 3. The number of carbonyl (C=O) groups excluding carboxylic acids is 1. The van der Waals surface area contributed by atoms with Crippen LogP contribution in [0.4, 0.5) is 5.69 Å². The zero-order valence-corrected chi connectivity index (χ0v) is 13.9. The average Bonchev–Trinajstić information content (AvgIpc) is 3.18. The van der Waals surface area contributed by atoms with Gasteiger partial charge in [-0.3, -0.25) is 4.79 Å². The van der Waals surface area contributed by atoms with Crippen molar-refractivity contribution < 1.29 is 4.79 Å². The Labute approximate surface area is 135 Å². The molecule has 1 amide bonds. The van der Waals surface area contributed by atoms with Crippen molar-refractivity contribution in [1.82, 2.24) is 9.27 Å². The van der Waals surface area contributed by atoms with E-state index in [1.807, 2.05) is 19.4 Å². The second kappa shape index (κ2) is 6.48. The molecule has 0 radical (unpaired) electrons. The molecular formula is C17H21N3OS. The molecule has 2 heterocycles. The Bertz CT molecular complexity index is 644. The predicted molar refractivity (Wildman–Crippen MR) is 90.5 cm³/mol. The first kappa shape index (κ1) is 15.0. The van der Waals surface area contributed by atoms with Gasteiger partial charge in [-0.2, -0.15) is 4.37 Å². The highest BCUT2D eigenvalue weighted by Gasteiger charge is 2.16. The summed E-state index contributed by atoms with van der Waals surface area (Å²) in [7, 11) is 1.84. The number of carbonyl (C=O) groups is 1. The molecule has 0 saturated carbocycles. The molecule has 0 bridgehead atoms. The molecule has 1 fully saturated rings. The Morgan fingerprint density at radius 3 is 2.55 bits per heavy atom. The maximum Gasteiger partial charge on any atom is 0.256 e. The van der Waals surface area contributed by atoms with E-state index in [9.17, 15) is 4.79 Å². The molecule has 0 aliphatic carbocycles. The molecule has 2 aromatic rings. The van der Waals surface area contributed by atoms with Crippen LogP contribution in [0.2, 0.25) is 0 Å². The quantitative estimate of drug-likeness (QED) is 0.868. The van der Waals surface area contributed by atoms with Crippen LogP contribution in [-0.4, -0.2) is 35.3 Å². The Morgan fingerprint density at radius 2 is 1.95 bits per heavy atom. The number of rotatable bonds is 4. The van der Waals surface area contributed by atoms with Crippen molar-refractivity contribution >= 4 is 23.1 Å². The highest BCUT2D eigenvalue weighted by Crippen LogP contribution is 2.21. The first-order chi connectivity index (χ1) is 10.6. The first-order valence-electron chi connectivity index (χ1n) is 7.65. The van der Waals surface area contributed by atoms with Crippen LogP contribution in [0.5, 0.6) is 0 Å². The second-order valence-electron chi connectivity index (χ2n) is 5.84. The van der Waals surface area contributed by atoms with E-state index in [2.05, 4.69) is 33.5 Å². The Kier molecular flexibility index (Phi) is 4.43. The first-order valence-corrected chi connectivity index (χ1v) is 8.49. The van der Waals surface area contributed by atoms with Crippen LogP contribution in [0, 0.1) is 6.92 Å². The topological polar surface area (TPSA) is 36.4 Å². The minimum Gasteiger partial charge on any atom is -0.372 e. The molecule has 1 aliphatic rings. The van der Waals surface area contributed by atoms with Crippen molar-refractivity contribution in [2.45, 2.75) is 26.3 Å². The Balaban J connectivity index is 1.65. The minimum absolute atomic E-state index is 0.0369. The van der Waals surface area contributed by atoms with Gasteiger partial charge in [-0.05, 0) is 49.0 Å². The van der Waals surface area contributed by atoms with Gasteiger partial charge in [0.15, 0.2) is 0 Å². The lowest BCUT2D eigenvalue weighted by atomic mass is 10.1. The van der Waals surface area contributed by atoms with Crippen molar-refractivity contribution in [2.75, 3.05) is 25.0 Å². The SMILES string of the molecule is Cc1nscc1C(=O)N(C)Cc1ccc(N2CCCC2)cc1. The molecule has 1 saturated heterocycles. The molecule has 3 rings (SSSR count). The third-order valence-electron chi connectivity index (χ3n) is 4.15. The van der Waals surface area contributed by atoms with Gasteiger partial charge < -0.3 is 9.80 Å². The predicted octanol–water partition coefficient (Wildman–Crippen LogP) is 3.32. The van der Waals surface area contributed by atoms with Crippen molar-refractivity contribution in [1.29, 1.82) is 0 Å². The maximum atomic E-state index is 12.4. The van der Waals surface area contributed by atoms with Gasteiger partial charge in [0.25, 0.3) is 5.91 Å². The van der Waals surface area contributed by atoms with E-state index in [1.165, 1.54) is 30.1 Å². The average molecular weight is 315 g/mol. The van der Waals surface area contributed by atoms with Crippen LogP contribution in [-0.2, 0) is 6.54 Å². The van der Waals surface area contributed by atoms with Crippen LogP contribution in [0.1, 0.15) is 34.5 Å². The van der Waals surface area contributed by atoms with Crippen LogP contribution in [0.15, 0.2) is 29.6 Å². The number of anilines is 1. The molecule has 1 aromatic carbocycles. The fourth-order valence-electron chi connectivity index (χ4n) is 2.84. The van der Waals surface area contributed by atoms with E-state index in [0.29, 0.717) is 12.1 Å². The molecule has 5 heteroatoms. The van der Waals surface area contributed by atoms with Crippen LogP contribution in [0.3, 0.4) is 0 Å². The Hall–Kier alpha value is -1.88. The number of aryl methyl sites for hydroxylation is 1. The molecule has 22 heavy (non-hydrogen) atoms. The molecule has 1 aliphatic heterocycles. The molecule has 0 spiro atoms. The maximum absolute atomic E-state index is 12.4. The fourth-order valence-corrected chi connectivity index (χ4v) is 3.52. The lowest BCUT2D eigenvalue weighted by Crippen LogP contribution is -2.26. The molecule has 0 N–H and O–H groups in total.